The van der Waals surface area contributed by atoms with Crippen molar-refractivity contribution in [3.8, 4) is 0 Å². The van der Waals surface area contributed by atoms with E-state index >= 15 is 0 Å². The third kappa shape index (κ3) is 3.56. The summed E-state index contributed by atoms with van der Waals surface area (Å²) in [6.07, 6.45) is 0.306. The molecule has 3 nitrogen and oxygen atoms in total. The van der Waals surface area contributed by atoms with Gasteiger partial charge in [0.2, 0.25) is 0 Å². The Morgan fingerprint density at radius 3 is 2.47 bits per heavy atom. The normalized spacial score (nSPS) is 19.7. The summed E-state index contributed by atoms with van der Waals surface area (Å²) >= 11 is 0. The van der Waals surface area contributed by atoms with Gasteiger partial charge >= 0.3 is 0 Å². The zero-order valence-electron chi connectivity index (χ0n) is 12.6. The highest BCUT2D eigenvalue weighted by Gasteiger charge is 2.13. The minimum absolute atomic E-state index is 0.306. The van der Waals surface area contributed by atoms with Gasteiger partial charge in [0.05, 0.1) is 12.7 Å². The first-order valence-corrected chi connectivity index (χ1v) is 7.19. The van der Waals surface area contributed by atoms with Gasteiger partial charge in [-0.3, -0.25) is 0 Å². The molecule has 0 saturated carbocycles. The Morgan fingerprint density at radius 1 is 1.21 bits per heavy atom. The Labute approximate surface area is 116 Å². The fourth-order valence-corrected chi connectivity index (χ4v) is 2.67. The molecule has 0 amide bonds. The number of rotatable bonds is 4. The molecule has 1 aliphatic heterocycles. The Balaban J connectivity index is 1.95. The summed E-state index contributed by atoms with van der Waals surface area (Å²) < 4.78 is 5.70. The summed E-state index contributed by atoms with van der Waals surface area (Å²) in [7, 11) is 0. The van der Waals surface area contributed by atoms with Gasteiger partial charge in [0.1, 0.15) is 0 Å². The van der Waals surface area contributed by atoms with Gasteiger partial charge in [0, 0.05) is 26.2 Å². The van der Waals surface area contributed by atoms with Crippen LogP contribution in [0.25, 0.3) is 0 Å². The minimum Gasteiger partial charge on any atom is -0.374 e. The van der Waals surface area contributed by atoms with E-state index < -0.39 is 0 Å². The molecule has 0 spiro atoms. The van der Waals surface area contributed by atoms with Crippen LogP contribution in [-0.2, 0) is 11.3 Å². The topological polar surface area (TPSA) is 33.3 Å². The highest BCUT2D eigenvalue weighted by molar-refractivity contribution is 5.43. The third-order valence-corrected chi connectivity index (χ3v) is 4.20. The summed E-state index contributed by atoms with van der Waals surface area (Å²) in [4.78, 5) is 0. The lowest BCUT2D eigenvalue weighted by molar-refractivity contribution is 0.0290. The average molecular weight is 262 g/mol. The molecular weight excluding hydrogens is 236 g/mol. The maximum absolute atomic E-state index is 5.70. The third-order valence-electron chi connectivity index (χ3n) is 4.20. The second-order valence-corrected chi connectivity index (χ2v) is 5.57. The van der Waals surface area contributed by atoms with E-state index in [0.717, 1.165) is 32.8 Å². The van der Waals surface area contributed by atoms with Crippen LogP contribution in [0.1, 0.15) is 27.8 Å². The van der Waals surface area contributed by atoms with Crippen molar-refractivity contribution in [1.82, 2.24) is 10.6 Å². The van der Waals surface area contributed by atoms with Crippen LogP contribution in [0.5, 0.6) is 0 Å². The van der Waals surface area contributed by atoms with Crippen LogP contribution in [-0.4, -0.2) is 32.3 Å². The first-order valence-electron chi connectivity index (χ1n) is 7.19. The first kappa shape index (κ1) is 14.5. The van der Waals surface area contributed by atoms with E-state index in [1.807, 2.05) is 0 Å². The van der Waals surface area contributed by atoms with Crippen LogP contribution in [0.3, 0.4) is 0 Å². The number of hydrogen-bond donors (Lipinski definition) is 2. The lowest BCUT2D eigenvalue weighted by Crippen LogP contribution is -2.43. The summed E-state index contributed by atoms with van der Waals surface area (Å²) in [6, 6.07) is 2.28. The van der Waals surface area contributed by atoms with Gasteiger partial charge in [-0.15, -0.1) is 0 Å². The molecule has 0 aromatic heterocycles. The van der Waals surface area contributed by atoms with E-state index in [0.29, 0.717) is 6.10 Å². The van der Waals surface area contributed by atoms with E-state index in [2.05, 4.69) is 44.4 Å². The second-order valence-electron chi connectivity index (χ2n) is 5.57. The molecule has 1 fully saturated rings. The van der Waals surface area contributed by atoms with Crippen LogP contribution >= 0.6 is 0 Å². The van der Waals surface area contributed by atoms with E-state index in [1.54, 1.807) is 0 Å². The Morgan fingerprint density at radius 2 is 1.89 bits per heavy atom. The molecule has 1 atom stereocenters. The van der Waals surface area contributed by atoms with Crippen molar-refractivity contribution in [1.29, 1.82) is 0 Å². The summed E-state index contributed by atoms with van der Waals surface area (Å²) in [5.41, 5.74) is 7.05. The Bertz CT molecular complexity index is 411. The lowest BCUT2D eigenvalue weighted by Gasteiger charge is -2.24. The van der Waals surface area contributed by atoms with Crippen molar-refractivity contribution in [3.05, 3.63) is 33.9 Å². The predicted molar refractivity (Wildman–Crippen MR) is 79.7 cm³/mol. The molecule has 2 rings (SSSR count). The summed E-state index contributed by atoms with van der Waals surface area (Å²) in [5, 5.41) is 6.90. The maximum Gasteiger partial charge on any atom is 0.0824 e. The molecule has 0 bridgehead atoms. The highest BCUT2D eigenvalue weighted by Crippen LogP contribution is 2.21. The molecule has 1 aromatic rings. The molecule has 1 unspecified atom stereocenters. The zero-order valence-corrected chi connectivity index (χ0v) is 12.6. The minimum atomic E-state index is 0.306. The van der Waals surface area contributed by atoms with Crippen LogP contribution in [0, 0.1) is 27.7 Å². The fourth-order valence-electron chi connectivity index (χ4n) is 2.67. The number of benzene rings is 1. The Hall–Kier alpha value is -0.900. The molecule has 1 heterocycles. The molecule has 0 radical (unpaired) electrons. The molecule has 1 aliphatic rings. The van der Waals surface area contributed by atoms with E-state index in [4.69, 9.17) is 4.74 Å². The molecule has 1 aromatic carbocycles. The number of hydrogen-bond acceptors (Lipinski definition) is 3. The summed E-state index contributed by atoms with van der Waals surface area (Å²) in [5.74, 6) is 0. The van der Waals surface area contributed by atoms with Crippen molar-refractivity contribution in [2.24, 2.45) is 0 Å². The van der Waals surface area contributed by atoms with Crippen molar-refractivity contribution in [3.63, 3.8) is 0 Å². The van der Waals surface area contributed by atoms with Crippen molar-refractivity contribution in [2.45, 2.75) is 40.3 Å². The van der Waals surface area contributed by atoms with Gasteiger partial charge in [0.25, 0.3) is 0 Å². The van der Waals surface area contributed by atoms with Crippen molar-refractivity contribution >= 4 is 0 Å². The van der Waals surface area contributed by atoms with Gasteiger partial charge in [-0.25, -0.2) is 0 Å². The SMILES string of the molecule is Cc1cc(C)c(C)c(CNCC2CNCCO2)c1C. The Kier molecular flexibility index (Phi) is 4.97. The smallest absolute Gasteiger partial charge is 0.0824 e. The molecule has 19 heavy (non-hydrogen) atoms. The van der Waals surface area contributed by atoms with Gasteiger partial charge in [-0.2, -0.15) is 0 Å². The highest BCUT2D eigenvalue weighted by atomic mass is 16.5. The van der Waals surface area contributed by atoms with Gasteiger partial charge < -0.3 is 15.4 Å². The molecule has 1 saturated heterocycles. The maximum atomic E-state index is 5.70. The van der Waals surface area contributed by atoms with E-state index in [9.17, 15) is 0 Å². The van der Waals surface area contributed by atoms with E-state index in [-0.39, 0.29) is 0 Å². The largest absolute Gasteiger partial charge is 0.374 e. The molecular formula is C16H26N2O. The predicted octanol–water partition coefficient (Wildman–Crippen LogP) is 2.00. The monoisotopic (exact) mass is 262 g/mol. The number of ether oxygens (including phenoxy) is 1. The van der Waals surface area contributed by atoms with Gasteiger partial charge in [0.15, 0.2) is 0 Å². The molecule has 106 valence electrons. The second kappa shape index (κ2) is 6.51. The lowest BCUT2D eigenvalue weighted by atomic mass is 9.94. The molecule has 2 N–H and O–H groups in total. The molecule has 0 aliphatic carbocycles. The van der Waals surface area contributed by atoms with Crippen molar-refractivity contribution < 1.29 is 4.74 Å². The standard InChI is InChI=1S/C16H26N2O/c1-11-7-12(2)14(4)16(13(11)3)10-18-9-15-8-17-5-6-19-15/h7,15,17-18H,5-6,8-10H2,1-4H3. The molecule has 3 heteroatoms. The van der Waals surface area contributed by atoms with Crippen molar-refractivity contribution in [2.75, 3.05) is 26.2 Å². The van der Waals surface area contributed by atoms with E-state index in [1.165, 1.54) is 27.8 Å². The first-order chi connectivity index (χ1) is 9.09. The van der Waals surface area contributed by atoms with Gasteiger partial charge in [-0.1, -0.05) is 6.07 Å². The van der Waals surface area contributed by atoms with Gasteiger partial charge in [-0.05, 0) is 55.5 Å². The number of morpholine rings is 1. The number of aryl methyl sites for hydroxylation is 2. The fraction of sp³-hybridized carbons (Fsp3) is 0.625. The van der Waals surface area contributed by atoms with Crippen LogP contribution in [0.15, 0.2) is 6.07 Å². The zero-order chi connectivity index (χ0) is 13.8. The van der Waals surface area contributed by atoms with Crippen LogP contribution in [0.2, 0.25) is 0 Å². The van der Waals surface area contributed by atoms with Crippen LogP contribution < -0.4 is 10.6 Å². The average Bonchev–Trinajstić information content (AvgIpc) is 2.42. The van der Waals surface area contributed by atoms with Crippen LogP contribution in [0.4, 0.5) is 0 Å². The summed E-state index contributed by atoms with van der Waals surface area (Å²) in [6.45, 7) is 13.4. The number of nitrogens with one attached hydrogen (secondary N) is 2. The quantitative estimate of drug-likeness (QED) is 0.871.